The Labute approximate surface area is 186 Å². The van der Waals surface area contributed by atoms with Gasteiger partial charge in [-0.25, -0.2) is 4.39 Å². The molecule has 4 aromatic rings. The first-order valence-corrected chi connectivity index (χ1v) is 10.6. The van der Waals surface area contributed by atoms with Gasteiger partial charge in [0, 0.05) is 5.56 Å². The lowest BCUT2D eigenvalue weighted by molar-refractivity contribution is -0.132. The number of Topliss-reactive ketones (excluding diaryl/α,β-unsaturated/α-hetero) is 1. The molecule has 0 unspecified atom stereocenters. The lowest BCUT2D eigenvalue weighted by Gasteiger charge is -2.24. The lowest BCUT2D eigenvalue weighted by atomic mass is 9.92. The van der Waals surface area contributed by atoms with E-state index >= 15 is 0 Å². The number of aromatic nitrogens is 2. The number of hydrogen-bond acceptors (Lipinski definition) is 6. The van der Waals surface area contributed by atoms with Crippen molar-refractivity contribution in [2.24, 2.45) is 0 Å². The first kappa shape index (κ1) is 20.0. The van der Waals surface area contributed by atoms with E-state index in [-0.39, 0.29) is 22.0 Å². The van der Waals surface area contributed by atoms with Crippen molar-refractivity contribution in [2.75, 3.05) is 4.90 Å². The molecular formula is C24H16FN3O3S. The first-order chi connectivity index (χ1) is 15.5. The smallest absolute Gasteiger partial charge is 0.301 e. The van der Waals surface area contributed by atoms with Crippen LogP contribution in [0.15, 0.2) is 72.3 Å². The van der Waals surface area contributed by atoms with Gasteiger partial charge in [-0.3, -0.25) is 14.5 Å². The number of carbonyl (C=O) groups excluding carboxylic acids is 2. The molecule has 0 radical (unpaired) electrons. The summed E-state index contributed by atoms with van der Waals surface area (Å²) in [6, 6.07) is 17.4. The number of aliphatic hydroxyl groups excluding tert-OH is 1. The summed E-state index contributed by atoms with van der Waals surface area (Å²) < 4.78 is 13.4. The van der Waals surface area contributed by atoms with Crippen LogP contribution in [0.1, 0.15) is 22.2 Å². The minimum atomic E-state index is -0.918. The third kappa shape index (κ3) is 3.16. The maximum absolute atomic E-state index is 13.4. The fraction of sp³-hybridized carbons (Fsp3) is 0.0833. The van der Waals surface area contributed by atoms with Gasteiger partial charge in [0.05, 0.1) is 11.6 Å². The molecule has 1 atom stereocenters. The van der Waals surface area contributed by atoms with Crippen LogP contribution in [0.5, 0.6) is 0 Å². The zero-order valence-electron chi connectivity index (χ0n) is 16.8. The van der Waals surface area contributed by atoms with Crippen LogP contribution in [0.25, 0.3) is 16.5 Å². The molecule has 3 aromatic carbocycles. The van der Waals surface area contributed by atoms with E-state index in [0.29, 0.717) is 10.6 Å². The molecule has 1 aliphatic rings. The molecule has 0 aliphatic carbocycles. The number of rotatable bonds is 3. The summed E-state index contributed by atoms with van der Waals surface area (Å²) in [5.74, 6) is -2.48. The normalized spacial score (nSPS) is 17.9. The third-order valence-corrected chi connectivity index (χ3v) is 6.24. The van der Waals surface area contributed by atoms with Crippen molar-refractivity contribution in [1.82, 2.24) is 10.2 Å². The van der Waals surface area contributed by atoms with Crippen LogP contribution in [0, 0.1) is 12.7 Å². The molecule has 0 saturated carbocycles. The van der Waals surface area contributed by atoms with Gasteiger partial charge >= 0.3 is 5.91 Å². The van der Waals surface area contributed by atoms with Crippen molar-refractivity contribution in [2.45, 2.75) is 13.0 Å². The summed E-state index contributed by atoms with van der Waals surface area (Å²) in [5.41, 5.74) is 0.827. The molecule has 1 aliphatic heterocycles. The largest absolute Gasteiger partial charge is 0.507 e. The topological polar surface area (TPSA) is 83.4 Å². The number of halogens is 1. The Morgan fingerprint density at radius 3 is 2.44 bits per heavy atom. The second kappa shape index (κ2) is 7.65. The maximum atomic E-state index is 13.4. The van der Waals surface area contributed by atoms with Gasteiger partial charge in [-0.15, -0.1) is 10.2 Å². The number of ketones is 1. The van der Waals surface area contributed by atoms with Gasteiger partial charge in [-0.05, 0) is 47.5 Å². The third-order valence-electron chi connectivity index (χ3n) is 5.40. The molecular weight excluding hydrogens is 429 g/mol. The molecule has 2 heterocycles. The zero-order chi connectivity index (χ0) is 22.4. The van der Waals surface area contributed by atoms with Crippen molar-refractivity contribution in [3.8, 4) is 0 Å². The highest BCUT2D eigenvalue weighted by molar-refractivity contribution is 7.15. The van der Waals surface area contributed by atoms with E-state index in [4.69, 9.17) is 0 Å². The molecule has 6 nitrogen and oxygen atoms in total. The van der Waals surface area contributed by atoms with Gasteiger partial charge in [0.1, 0.15) is 16.6 Å². The van der Waals surface area contributed by atoms with Gasteiger partial charge < -0.3 is 5.11 Å². The number of benzene rings is 3. The number of aliphatic hydroxyl groups is 1. The zero-order valence-corrected chi connectivity index (χ0v) is 17.6. The SMILES string of the molecule is Cc1nnc(N2C(=O)C(=O)/C(=C(/O)c3ccc(F)cc3)[C@@H]2c2cccc3ccccc23)s1. The maximum Gasteiger partial charge on any atom is 0.301 e. The Bertz CT molecular complexity index is 1410. The van der Waals surface area contributed by atoms with E-state index in [1.54, 1.807) is 6.92 Å². The highest BCUT2D eigenvalue weighted by atomic mass is 32.1. The van der Waals surface area contributed by atoms with E-state index in [2.05, 4.69) is 10.2 Å². The molecule has 8 heteroatoms. The summed E-state index contributed by atoms with van der Waals surface area (Å²) >= 11 is 1.18. The molecule has 1 amide bonds. The van der Waals surface area contributed by atoms with Crippen molar-refractivity contribution in [3.05, 3.63) is 94.3 Å². The minimum absolute atomic E-state index is 0.0779. The van der Waals surface area contributed by atoms with E-state index < -0.39 is 23.5 Å². The molecule has 1 fully saturated rings. The van der Waals surface area contributed by atoms with Crippen molar-refractivity contribution >= 4 is 44.7 Å². The Balaban J connectivity index is 1.80. The van der Waals surface area contributed by atoms with Gasteiger partial charge in [0.2, 0.25) is 5.13 Å². The van der Waals surface area contributed by atoms with Gasteiger partial charge in [0.15, 0.2) is 0 Å². The molecule has 5 rings (SSSR count). The Morgan fingerprint density at radius 2 is 1.72 bits per heavy atom. The Hall–Kier alpha value is -3.91. The van der Waals surface area contributed by atoms with E-state index in [0.717, 1.165) is 10.8 Å². The molecule has 0 spiro atoms. The lowest BCUT2D eigenvalue weighted by Crippen LogP contribution is -2.29. The Morgan fingerprint density at radius 1 is 1.00 bits per heavy atom. The molecule has 1 saturated heterocycles. The molecule has 158 valence electrons. The summed E-state index contributed by atoms with van der Waals surface area (Å²) in [7, 11) is 0. The van der Waals surface area contributed by atoms with Crippen molar-refractivity contribution in [3.63, 3.8) is 0 Å². The van der Waals surface area contributed by atoms with E-state index in [1.807, 2.05) is 42.5 Å². The quantitative estimate of drug-likeness (QED) is 0.279. The molecule has 1 aromatic heterocycles. The number of carbonyl (C=O) groups is 2. The number of amides is 1. The van der Waals surface area contributed by atoms with Crippen molar-refractivity contribution < 1.29 is 19.1 Å². The van der Waals surface area contributed by atoms with Crippen LogP contribution in [-0.2, 0) is 9.59 Å². The van der Waals surface area contributed by atoms with Crippen molar-refractivity contribution in [1.29, 1.82) is 0 Å². The summed E-state index contributed by atoms with van der Waals surface area (Å²) in [6.45, 7) is 1.75. The average Bonchev–Trinajstić information content (AvgIpc) is 3.34. The van der Waals surface area contributed by atoms with E-state index in [9.17, 15) is 19.1 Å². The van der Waals surface area contributed by atoms with Crippen LogP contribution < -0.4 is 4.90 Å². The monoisotopic (exact) mass is 445 g/mol. The standard InChI is InChI=1S/C24H16FN3O3S/c1-13-26-27-24(32-13)28-20(18-8-4-6-14-5-2-3-7-17(14)18)19(22(30)23(28)31)21(29)15-9-11-16(25)12-10-15/h2-12,20,29H,1H3/b21-19+/t20-/m0/s1. The average molecular weight is 445 g/mol. The number of nitrogens with zero attached hydrogens (tertiary/aromatic N) is 3. The van der Waals surface area contributed by atoms with Gasteiger partial charge in [-0.1, -0.05) is 53.8 Å². The second-order valence-corrected chi connectivity index (χ2v) is 8.51. The molecule has 32 heavy (non-hydrogen) atoms. The number of aryl methyl sites for hydroxylation is 1. The highest BCUT2D eigenvalue weighted by Crippen LogP contribution is 2.44. The number of hydrogen-bond donors (Lipinski definition) is 1. The van der Waals surface area contributed by atoms with Crippen LogP contribution in [0.3, 0.4) is 0 Å². The summed E-state index contributed by atoms with van der Waals surface area (Å²) in [6.07, 6.45) is 0. The van der Waals surface area contributed by atoms with Crippen LogP contribution in [0.4, 0.5) is 9.52 Å². The van der Waals surface area contributed by atoms with Gasteiger partial charge in [0.25, 0.3) is 5.78 Å². The van der Waals surface area contributed by atoms with Crippen LogP contribution in [0.2, 0.25) is 0 Å². The Kier molecular flexibility index (Phi) is 4.79. The summed E-state index contributed by atoms with van der Waals surface area (Å²) in [5, 5.41) is 21.8. The summed E-state index contributed by atoms with van der Waals surface area (Å²) in [4.78, 5) is 27.6. The first-order valence-electron chi connectivity index (χ1n) is 9.80. The fourth-order valence-electron chi connectivity index (χ4n) is 3.96. The fourth-order valence-corrected chi connectivity index (χ4v) is 4.67. The van der Waals surface area contributed by atoms with E-state index in [1.165, 1.54) is 40.5 Å². The molecule has 0 bridgehead atoms. The minimum Gasteiger partial charge on any atom is -0.507 e. The highest BCUT2D eigenvalue weighted by Gasteiger charge is 2.48. The van der Waals surface area contributed by atoms with Gasteiger partial charge in [-0.2, -0.15) is 0 Å². The van der Waals surface area contributed by atoms with Crippen LogP contribution >= 0.6 is 11.3 Å². The molecule has 1 N–H and O–H groups in total. The predicted octanol–water partition coefficient (Wildman–Crippen LogP) is 4.77. The second-order valence-electron chi connectivity index (χ2n) is 7.35. The number of anilines is 1. The predicted molar refractivity (Wildman–Crippen MR) is 120 cm³/mol. The number of fused-ring (bicyclic) bond motifs is 1. The van der Waals surface area contributed by atoms with Crippen LogP contribution in [-0.4, -0.2) is 27.0 Å².